The van der Waals surface area contributed by atoms with Gasteiger partial charge in [-0.15, -0.1) is 0 Å². The monoisotopic (exact) mass is 434 g/mol. The summed E-state index contributed by atoms with van der Waals surface area (Å²) in [6, 6.07) is 9.11. The van der Waals surface area contributed by atoms with Gasteiger partial charge in [0, 0.05) is 31.6 Å². The molecule has 0 spiro atoms. The van der Waals surface area contributed by atoms with Crippen LogP contribution in [0.1, 0.15) is 15.9 Å². The second kappa shape index (κ2) is 8.45. The lowest BCUT2D eigenvalue weighted by Crippen LogP contribution is -2.27. The molecule has 2 aromatic carbocycles. The normalized spacial score (nSPS) is 11.8. The fraction of sp³-hybridized carbons (Fsp3) is 0.286. The van der Waals surface area contributed by atoms with Gasteiger partial charge in [0.25, 0.3) is 5.91 Å². The van der Waals surface area contributed by atoms with Gasteiger partial charge in [0.05, 0.1) is 18.9 Å². The van der Waals surface area contributed by atoms with Crippen molar-refractivity contribution >= 4 is 26.9 Å². The number of benzene rings is 2. The van der Waals surface area contributed by atoms with Crippen molar-refractivity contribution in [3.8, 4) is 17.1 Å². The molecule has 0 unspecified atom stereocenters. The van der Waals surface area contributed by atoms with E-state index in [2.05, 4.69) is 5.32 Å². The topological polar surface area (TPSA) is 88.9 Å². The molecular weight excluding hydrogens is 411 g/mol. The van der Waals surface area contributed by atoms with Crippen LogP contribution in [0, 0.1) is 5.82 Å². The quantitative estimate of drug-likeness (QED) is 0.618. The van der Waals surface area contributed by atoms with E-state index >= 15 is 0 Å². The number of fused-ring (bicyclic) bond motifs is 1. The maximum Gasteiger partial charge on any atom is 0.255 e. The van der Waals surface area contributed by atoms with Crippen LogP contribution in [-0.4, -0.2) is 52.6 Å². The first-order valence-corrected chi connectivity index (χ1v) is 11.0. The molecule has 0 saturated heterocycles. The van der Waals surface area contributed by atoms with Crippen LogP contribution in [0.2, 0.25) is 0 Å². The molecule has 7 nitrogen and oxygen atoms in total. The van der Waals surface area contributed by atoms with Gasteiger partial charge in [0.1, 0.15) is 22.9 Å². The van der Waals surface area contributed by atoms with Crippen LogP contribution in [0.3, 0.4) is 0 Å². The zero-order chi connectivity index (χ0) is 22.1. The summed E-state index contributed by atoms with van der Waals surface area (Å²) in [5.74, 6) is 0.0906. The van der Waals surface area contributed by atoms with Crippen LogP contribution in [0.25, 0.3) is 22.3 Å². The lowest BCUT2D eigenvalue weighted by molar-refractivity contribution is 0.0964. The highest BCUT2D eigenvalue weighted by atomic mass is 32.2. The molecule has 0 aliphatic heterocycles. The van der Waals surface area contributed by atoms with Crippen LogP contribution in [-0.2, 0) is 16.4 Å². The van der Waals surface area contributed by atoms with Gasteiger partial charge >= 0.3 is 0 Å². The maximum absolute atomic E-state index is 13.3. The van der Waals surface area contributed by atoms with Crippen LogP contribution in [0.5, 0.6) is 5.75 Å². The predicted octanol–water partition coefficient (Wildman–Crippen LogP) is 3.04. The van der Waals surface area contributed by atoms with Crippen LogP contribution in [0.4, 0.5) is 4.39 Å². The zero-order valence-corrected chi connectivity index (χ0v) is 18.0. The van der Waals surface area contributed by atoms with Gasteiger partial charge in [-0.1, -0.05) is 0 Å². The molecule has 1 aromatic heterocycles. The lowest BCUT2D eigenvalue weighted by atomic mass is 10.0. The third-order valence-electron chi connectivity index (χ3n) is 4.91. The summed E-state index contributed by atoms with van der Waals surface area (Å²) in [6.45, 7) is 0.258. The number of likely N-dealkylation sites (N-methyl/N-ethyl adjacent to an activating group) is 1. The van der Waals surface area contributed by atoms with Crippen molar-refractivity contribution < 1.29 is 26.8 Å². The molecule has 0 aliphatic rings. The molecule has 3 rings (SSSR count). The number of rotatable bonds is 7. The Labute approximate surface area is 174 Å². The van der Waals surface area contributed by atoms with E-state index in [9.17, 15) is 17.6 Å². The minimum atomic E-state index is -3.31. The second-order valence-electron chi connectivity index (χ2n) is 6.89. The average Bonchev–Trinajstić information content (AvgIpc) is 3.08. The minimum Gasteiger partial charge on any atom is -0.496 e. The van der Waals surface area contributed by atoms with Gasteiger partial charge in [0.15, 0.2) is 0 Å². The predicted molar refractivity (Wildman–Crippen MR) is 113 cm³/mol. The standard InChI is InChI=1S/C21H23FN2O5S/c1-23-21(25)19-16-12-17(28-3)14(9-10-24(2)30(4,26)27)11-18(16)29-20(19)13-5-7-15(22)8-6-13/h5-8,11-12H,9-10H2,1-4H3,(H,23,25). The first kappa shape index (κ1) is 21.8. The Morgan fingerprint density at radius 2 is 1.90 bits per heavy atom. The zero-order valence-electron chi connectivity index (χ0n) is 17.2. The van der Waals surface area contributed by atoms with Crippen molar-refractivity contribution in [1.82, 2.24) is 9.62 Å². The first-order valence-electron chi connectivity index (χ1n) is 9.18. The molecule has 3 aromatic rings. The fourth-order valence-corrected chi connectivity index (χ4v) is 3.57. The van der Waals surface area contributed by atoms with Crippen molar-refractivity contribution in [1.29, 1.82) is 0 Å². The SMILES string of the molecule is CNC(=O)c1c(-c2ccc(F)cc2)oc2cc(CCN(C)S(C)(=O)=O)c(OC)cc12. The number of carbonyl (C=O) groups excluding carboxylic acids is 1. The maximum atomic E-state index is 13.3. The number of sulfonamides is 1. The van der Waals surface area contributed by atoms with Crippen molar-refractivity contribution in [3.63, 3.8) is 0 Å². The number of halogens is 1. The molecule has 0 aliphatic carbocycles. The summed E-state index contributed by atoms with van der Waals surface area (Å²) >= 11 is 0. The number of ether oxygens (including phenoxy) is 1. The first-order chi connectivity index (χ1) is 14.2. The second-order valence-corrected chi connectivity index (χ2v) is 8.98. The Balaban J connectivity index is 2.13. The number of nitrogens with one attached hydrogen (secondary N) is 1. The smallest absolute Gasteiger partial charge is 0.255 e. The van der Waals surface area contributed by atoms with E-state index in [1.54, 1.807) is 24.3 Å². The highest BCUT2D eigenvalue weighted by molar-refractivity contribution is 7.88. The van der Waals surface area contributed by atoms with Crippen LogP contribution in [0.15, 0.2) is 40.8 Å². The van der Waals surface area contributed by atoms with Gasteiger partial charge in [0.2, 0.25) is 10.0 Å². The van der Waals surface area contributed by atoms with Crippen molar-refractivity contribution in [2.75, 3.05) is 34.0 Å². The van der Waals surface area contributed by atoms with E-state index in [1.165, 1.54) is 37.6 Å². The number of amides is 1. The van der Waals surface area contributed by atoms with Crippen LogP contribution < -0.4 is 10.1 Å². The Morgan fingerprint density at radius 3 is 2.47 bits per heavy atom. The van der Waals surface area contributed by atoms with E-state index in [1.807, 2.05) is 0 Å². The summed E-state index contributed by atoms with van der Waals surface area (Å²) in [6.07, 6.45) is 1.54. The molecule has 0 fully saturated rings. The van der Waals surface area contributed by atoms with Gasteiger partial charge in [-0.3, -0.25) is 4.79 Å². The Kier molecular flexibility index (Phi) is 6.14. The third-order valence-corrected chi connectivity index (χ3v) is 6.23. The molecule has 0 bridgehead atoms. The Morgan fingerprint density at radius 1 is 1.23 bits per heavy atom. The van der Waals surface area contributed by atoms with Gasteiger partial charge < -0.3 is 14.5 Å². The van der Waals surface area contributed by atoms with E-state index in [4.69, 9.17) is 9.15 Å². The van der Waals surface area contributed by atoms with Crippen molar-refractivity contribution in [2.24, 2.45) is 0 Å². The molecule has 30 heavy (non-hydrogen) atoms. The number of carbonyl (C=O) groups is 1. The summed E-state index contributed by atoms with van der Waals surface area (Å²) < 4.78 is 49.4. The van der Waals surface area contributed by atoms with Gasteiger partial charge in [-0.2, -0.15) is 0 Å². The largest absolute Gasteiger partial charge is 0.496 e. The minimum absolute atomic E-state index is 0.258. The summed E-state index contributed by atoms with van der Waals surface area (Å²) in [4.78, 5) is 12.6. The summed E-state index contributed by atoms with van der Waals surface area (Å²) in [5.41, 5.74) is 2.06. The van der Waals surface area contributed by atoms with Crippen LogP contribution >= 0.6 is 0 Å². The van der Waals surface area contributed by atoms with Crippen molar-refractivity contribution in [2.45, 2.75) is 6.42 Å². The lowest BCUT2D eigenvalue weighted by Gasteiger charge is -2.15. The number of hydrogen-bond acceptors (Lipinski definition) is 5. The molecule has 1 heterocycles. The van der Waals surface area contributed by atoms with E-state index < -0.39 is 15.8 Å². The van der Waals surface area contributed by atoms with Gasteiger partial charge in [-0.25, -0.2) is 17.1 Å². The molecule has 0 radical (unpaired) electrons. The Hall–Kier alpha value is -2.91. The average molecular weight is 434 g/mol. The number of nitrogens with zero attached hydrogens (tertiary/aromatic N) is 1. The number of hydrogen-bond donors (Lipinski definition) is 1. The molecule has 9 heteroatoms. The molecule has 0 saturated carbocycles. The van der Waals surface area contributed by atoms with E-state index in [-0.39, 0.29) is 12.5 Å². The van der Waals surface area contributed by atoms with Crippen molar-refractivity contribution in [3.05, 3.63) is 53.3 Å². The fourth-order valence-electron chi connectivity index (χ4n) is 3.15. The summed E-state index contributed by atoms with van der Waals surface area (Å²) in [7, 11) is 1.22. The van der Waals surface area contributed by atoms with E-state index in [0.717, 1.165) is 11.8 Å². The van der Waals surface area contributed by atoms with E-state index in [0.29, 0.717) is 40.0 Å². The molecule has 1 amide bonds. The molecule has 0 atom stereocenters. The molecule has 160 valence electrons. The summed E-state index contributed by atoms with van der Waals surface area (Å²) in [5, 5.41) is 3.15. The Bertz CT molecular complexity index is 1190. The highest BCUT2D eigenvalue weighted by Gasteiger charge is 2.23. The third kappa shape index (κ3) is 4.31. The molecule has 1 N–H and O–H groups in total. The number of furan rings is 1. The van der Waals surface area contributed by atoms with Gasteiger partial charge in [-0.05, 0) is 48.4 Å². The number of methoxy groups -OCH3 is 1. The highest BCUT2D eigenvalue weighted by Crippen LogP contribution is 2.37. The molecular formula is C21H23FN2O5S.